The number of esters is 2. The van der Waals surface area contributed by atoms with Crippen LogP contribution in [-0.4, -0.2) is 30.9 Å². The number of ether oxygens (including phenoxy) is 3. The zero-order valence-corrected chi connectivity index (χ0v) is 9.76. The van der Waals surface area contributed by atoms with Gasteiger partial charge in [-0.05, 0) is 13.3 Å². The Hall–Kier alpha value is -1.62. The Labute approximate surface area is 99.0 Å². The number of cyclic esters (lactones) is 1. The van der Waals surface area contributed by atoms with Crippen molar-refractivity contribution in [2.75, 3.05) is 6.61 Å². The third-order valence-electron chi connectivity index (χ3n) is 2.62. The number of carbonyl (C=O) groups is 2. The normalized spacial score (nSPS) is 28.2. The fourth-order valence-corrected chi connectivity index (χ4v) is 1.80. The minimum Gasteiger partial charge on any atom is -0.421 e. The zero-order chi connectivity index (χ0) is 12.4. The lowest BCUT2D eigenvalue weighted by Gasteiger charge is -2.24. The van der Waals surface area contributed by atoms with Crippen molar-refractivity contribution < 1.29 is 23.8 Å². The molecule has 0 aromatic heterocycles. The number of hydrogen-bond acceptors (Lipinski definition) is 5. The van der Waals surface area contributed by atoms with Crippen molar-refractivity contribution in [1.82, 2.24) is 0 Å². The molecule has 2 aliphatic rings. The molecule has 0 spiro atoms. The monoisotopic (exact) mass is 238 g/mol. The van der Waals surface area contributed by atoms with Gasteiger partial charge in [0.25, 0.3) is 6.29 Å². The second-order valence-corrected chi connectivity index (χ2v) is 4.11. The van der Waals surface area contributed by atoms with Gasteiger partial charge in [0.2, 0.25) is 0 Å². The van der Waals surface area contributed by atoms with Crippen LogP contribution in [0.1, 0.15) is 20.3 Å². The molecule has 17 heavy (non-hydrogen) atoms. The summed E-state index contributed by atoms with van der Waals surface area (Å²) in [4.78, 5) is 22.1. The maximum absolute atomic E-state index is 11.2. The third kappa shape index (κ3) is 2.74. The van der Waals surface area contributed by atoms with E-state index in [0.29, 0.717) is 18.6 Å². The fourth-order valence-electron chi connectivity index (χ4n) is 1.80. The smallest absolute Gasteiger partial charge is 0.334 e. The van der Waals surface area contributed by atoms with Crippen LogP contribution in [0.5, 0.6) is 0 Å². The lowest BCUT2D eigenvalue weighted by Crippen LogP contribution is -2.29. The number of rotatable bonds is 2. The summed E-state index contributed by atoms with van der Waals surface area (Å²) in [5.74, 6) is -0.987. The van der Waals surface area contributed by atoms with E-state index in [1.54, 1.807) is 0 Å². The molecule has 2 atom stereocenters. The summed E-state index contributed by atoms with van der Waals surface area (Å²) in [5.41, 5.74) is 1.73. The van der Waals surface area contributed by atoms with E-state index in [0.717, 1.165) is 5.57 Å². The quantitative estimate of drug-likeness (QED) is 0.532. The molecule has 0 aromatic rings. The van der Waals surface area contributed by atoms with Gasteiger partial charge in [0.05, 0.1) is 12.7 Å². The van der Waals surface area contributed by atoms with Gasteiger partial charge in [-0.25, -0.2) is 4.79 Å². The van der Waals surface area contributed by atoms with Crippen LogP contribution in [0.15, 0.2) is 23.3 Å². The highest BCUT2D eigenvalue weighted by Crippen LogP contribution is 2.27. The summed E-state index contributed by atoms with van der Waals surface area (Å²) < 4.78 is 15.4. The van der Waals surface area contributed by atoms with Gasteiger partial charge in [-0.1, -0.05) is 11.6 Å². The molecule has 5 heteroatoms. The average Bonchev–Trinajstić information content (AvgIpc) is 2.59. The highest BCUT2D eigenvalue weighted by atomic mass is 16.7. The maximum atomic E-state index is 11.2. The summed E-state index contributed by atoms with van der Waals surface area (Å²) in [6, 6.07) is 0. The first-order chi connectivity index (χ1) is 8.06. The average molecular weight is 238 g/mol. The van der Waals surface area contributed by atoms with Gasteiger partial charge in [-0.2, -0.15) is 0 Å². The van der Waals surface area contributed by atoms with Crippen molar-refractivity contribution in [1.29, 1.82) is 0 Å². The molecule has 0 amide bonds. The highest BCUT2D eigenvalue weighted by molar-refractivity contribution is 5.86. The largest absolute Gasteiger partial charge is 0.421 e. The second kappa shape index (κ2) is 4.71. The van der Waals surface area contributed by atoms with Crippen molar-refractivity contribution in [3.05, 3.63) is 23.3 Å². The molecule has 0 radical (unpaired) electrons. The van der Waals surface area contributed by atoms with Crippen molar-refractivity contribution >= 4 is 11.9 Å². The topological polar surface area (TPSA) is 61.8 Å². The summed E-state index contributed by atoms with van der Waals surface area (Å²) in [6.45, 7) is 3.77. The highest BCUT2D eigenvalue weighted by Gasteiger charge is 2.35. The Balaban J connectivity index is 2.10. The Morgan fingerprint density at radius 1 is 1.53 bits per heavy atom. The van der Waals surface area contributed by atoms with Crippen LogP contribution in [0.2, 0.25) is 0 Å². The summed E-state index contributed by atoms with van der Waals surface area (Å²) in [6.07, 6.45) is 2.85. The van der Waals surface area contributed by atoms with E-state index in [-0.39, 0.29) is 6.10 Å². The third-order valence-corrected chi connectivity index (χ3v) is 2.62. The van der Waals surface area contributed by atoms with Gasteiger partial charge in [-0.15, -0.1) is 0 Å². The molecular formula is C12H14O5. The number of carbonyl (C=O) groups excluding carboxylic acids is 2. The SMILES string of the molecule is CC(=O)O[C@H]1OC(=O)C=C1[C@@H]1CC=C(C)CO1. The van der Waals surface area contributed by atoms with Crippen LogP contribution < -0.4 is 0 Å². The molecule has 2 heterocycles. The summed E-state index contributed by atoms with van der Waals surface area (Å²) >= 11 is 0. The Morgan fingerprint density at radius 2 is 2.29 bits per heavy atom. The molecule has 92 valence electrons. The molecule has 5 nitrogen and oxygen atoms in total. The van der Waals surface area contributed by atoms with E-state index in [9.17, 15) is 9.59 Å². The molecule has 0 saturated carbocycles. The molecule has 0 aromatic carbocycles. The zero-order valence-electron chi connectivity index (χ0n) is 9.76. The van der Waals surface area contributed by atoms with E-state index in [2.05, 4.69) is 0 Å². The lowest BCUT2D eigenvalue weighted by atomic mass is 10.0. The molecule has 0 saturated heterocycles. The van der Waals surface area contributed by atoms with Crippen LogP contribution >= 0.6 is 0 Å². The van der Waals surface area contributed by atoms with Crippen molar-refractivity contribution in [3.8, 4) is 0 Å². The predicted octanol–water partition coefficient (Wildman–Crippen LogP) is 1.09. The van der Waals surface area contributed by atoms with Crippen LogP contribution in [0.25, 0.3) is 0 Å². The Kier molecular flexibility index (Phi) is 3.28. The molecule has 2 rings (SSSR count). The molecular weight excluding hydrogens is 224 g/mol. The molecule has 0 unspecified atom stereocenters. The van der Waals surface area contributed by atoms with Crippen LogP contribution in [0, 0.1) is 0 Å². The Morgan fingerprint density at radius 3 is 2.88 bits per heavy atom. The van der Waals surface area contributed by atoms with Gasteiger partial charge >= 0.3 is 11.9 Å². The second-order valence-electron chi connectivity index (χ2n) is 4.11. The van der Waals surface area contributed by atoms with Gasteiger partial charge in [0.15, 0.2) is 0 Å². The fraction of sp³-hybridized carbons (Fsp3) is 0.500. The van der Waals surface area contributed by atoms with Crippen molar-refractivity contribution in [3.63, 3.8) is 0 Å². The van der Waals surface area contributed by atoms with Crippen LogP contribution in [-0.2, 0) is 23.8 Å². The van der Waals surface area contributed by atoms with E-state index in [4.69, 9.17) is 14.2 Å². The van der Waals surface area contributed by atoms with Gasteiger partial charge in [-0.3, -0.25) is 4.79 Å². The first kappa shape index (κ1) is 11.9. The summed E-state index contributed by atoms with van der Waals surface area (Å²) in [7, 11) is 0. The first-order valence-corrected chi connectivity index (χ1v) is 5.43. The number of hydrogen-bond donors (Lipinski definition) is 0. The molecule has 0 fully saturated rings. The Bertz CT molecular complexity index is 407. The summed E-state index contributed by atoms with van der Waals surface area (Å²) in [5, 5.41) is 0. The standard InChI is InChI=1S/C12H14O5/c1-7-3-4-10(15-6-7)9-5-11(14)17-12(9)16-8(2)13/h3,5,10,12H,4,6H2,1-2H3/t10-,12-/m0/s1. The van der Waals surface area contributed by atoms with Gasteiger partial charge in [0, 0.05) is 18.6 Å². The maximum Gasteiger partial charge on any atom is 0.334 e. The van der Waals surface area contributed by atoms with Gasteiger partial charge < -0.3 is 14.2 Å². The van der Waals surface area contributed by atoms with E-state index in [1.165, 1.54) is 13.0 Å². The minimum absolute atomic E-state index is 0.255. The van der Waals surface area contributed by atoms with Crippen LogP contribution in [0.3, 0.4) is 0 Å². The molecule has 2 aliphatic heterocycles. The lowest BCUT2D eigenvalue weighted by molar-refractivity contribution is -0.173. The van der Waals surface area contributed by atoms with Gasteiger partial charge in [0.1, 0.15) is 0 Å². The first-order valence-electron chi connectivity index (χ1n) is 5.43. The molecule has 0 N–H and O–H groups in total. The van der Waals surface area contributed by atoms with Crippen molar-refractivity contribution in [2.45, 2.75) is 32.7 Å². The van der Waals surface area contributed by atoms with E-state index in [1.807, 2.05) is 13.0 Å². The minimum atomic E-state index is -0.934. The van der Waals surface area contributed by atoms with Crippen LogP contribution in [0.4, 0.5) is 0 Å². The molecule has 0 bridgehead atoms. The van der Waals surface area contributed by atoms with E-state index >= 15 is 0 Å². The van der Waals surface area contributed by atoms with E-state index < -0.39 is 18.2 Å². The van der Waals surface area contributed by atoms with Crippen molar-refractivity contribution in [2.24, 2.45) is 0 Å². The molecule has 0 aliphatic carbocycles. The predicted molar refractivity (Wildman–Crippen MR) is 57.8 cm³/mol.